The minimum atomic E-state index is 0. The molecule has 4 fully saturated rings. The van der Waals surface area contributed by atoms with E-state index in [1.807, 2.05) is 0 Å². The molecule has 6 rings (SSSR count). The molecule has 0 spiro atoms. The van der Waals surface area contributed by atoms with Crippen LogP contribution in [0.4, 0.5) is 0 Å². The average molecular weight is 435 g/mol. The summed E-state index contributed by atoms with van der Waals surface area (Å²) in [7, 11) is 0. The van der Waals surface area contributed by atoms with E-state index in [0.29, 0.717) is 11.8 Å². The highest BCUT2D eigenvalue weighted by molar-refractivity contribution is 7.20. The Hall–Kier alpha value is -1.14. The van der Waals surface area contributed by atoms with Gasteiger partial charge < -0.3 is 10.1 Å². The smallest absolute Gasteiger partial charge is 0.261 e. The van der Waals surface area contributed by atoms with Gasteiger partial charge in [-0.15, -0.1) is 23.7 Å². The number of fused-ring (bicyclic) bond motifs is 4. The number of amides is 1. The Bertz CT molecular complexity index is 882. The number of benzene rings is 1. The van der Waals surface area contributed by atoms with Crippen molar-refractivity contribution in [2.24, 2.45) is 5.92 Å². The fourth-order valence-corrected chi connectivity index (χ4v) is 6.55. The van der Waals surface area contributed by atoms with Crippen LogP contribution < -0.4 is 5.32 Å². The molecule has 2 aromatic rings. The van der Waals surface area contributed by atoms with Gasteiger partial charge in [0.15, 0.2) is 0 Å². The Balaban J connectivity index is 0.00000205. The number of piperidine rings is 3. The number of rotatable bonds is 3. The van der Waals surface area contributed by atoms with E-state index in [4.69, 9.17) is 4.74 Å². The van der Waals surface area contributed by atoms with E-state index in [9.17, 15) is 4.79 Å². The van der Waals surface area contributed by atoms with Crippen LogP contribution in [0.25, 0.3) is 10.1 Å². The highest BCUT2D eigenvalue weighted by atomic mass is 35.5. The molecule has 4 aliphatic heterocycles. The van der Waals surface area contributed by atoms with Gasteiger partial charge in [-0.25, -0.2) is 0 Å². The normalized spacial score (nSPS) is 28.8. The fourth-order valence-electron chi connectivity index (χ4n) is 5.53. The van der Waals surface area contributed by atoms with Crippen molar-refractivity contribution in [2.45, 2.75) is 57.0 Å². The first-order chi connectivity index (χ1) is 13.5. The van der Waals surface area contributed by atoms with Crippen LogP contribution in [0.5, 0.6) is 0 Å². The zero-order valence-electron chi connectivity index (χ0n) is 17.3. The van der Waals surface area contributed by atoms with E-state index in [1.165, 1.54) is 41.6 Å². The number of carbonyl (C=O) groups excluding carboxylic acids is 1. The summed E-state index contributed by atoms with van der Waals surface area (Å²) in [6.45, 7) is 8.62. The summed E-state index contributed by atoms with van der Waals surface area (Å²) >= 11 is 1.64. The number of carbonyl (C=O) groups is 1. The van der Waals surface area contributed by atoms with Crippen LogP contribution in [0.2, 0.25) is 0 Å². The standard InChI is InChI=1S/C23H30N2O2S.ClH/c1-23(2)21(16-5-9-25(23)10-6-16)24-22(26)20-14-18-4-3-17(13-19(18)28-20)15-7-11-27-12-8-15;/h3-4,13-16,21H,5-12H2,1-2H3,(H,24,26);1H/t21-;/m1./s1. The summed E-state index contributed by atoms with van der Waals surface area (Å²) in [5.41, 5.74) is 1.44. The second-order valence-corrected chi connectivity index (χ2v) is 10.3. The molecule has 4 aliphatic rings. The SMILES string of the molecule is CC1(C)[C@H](NC(=O)c2cc3ccc(C4CCOCC4)cc3s2)C2CCN1CC2.Cl. The first kappa shape index (κ1) is 21.1. The number of hydrogen-bond donors (Lipinski definition) is 1. The van der Waals surface area contributed by atoms with Crippen molar-refractivity contribution >= 4 is 39.7 Å². The maximum atomic E-state index is 13.1. The van der Waals surface area contributed by atoms with Gasteiger partial charge in [-0.3, -0.25) is 9.69 Å². The van der Waals surface area contributed by atoms with Crippen LogP contribution in [0.15, 0.2) is 24.3 Å². The Labute approximate surface area is 183 Å². The number of halogens is 1. The van der Waals surface area contributed by atoms with Crippen molar-refractivity contribution in [3.05, 3.63) is 34.7 Å². The molecule has 1 aromatic heterocycles. The van der Waals surface area contributed by atoms with Gasteiger partial charge in [0, 0.05) is 29.5 Å². The second-order valence-electron chi connectivity index (χ2n) is 9.22. The fraction of sp³-hybridized carbons (Fsp3) is 0.609. The molecular formula is C23H31ClN2O2S. The molecule has 1 aromatic carbocycles. The summed E-state index contributed by atoms with van der Waals surface area (Å²) in [5.74, 6) is 1.30. The third-order valence-electron chi connectivity index (χ3n) is 7.33. The number of nitrogens with one attached hydrogen (secondary N) is 1. The van der Waals surface area contributed by atoms with Crippen LogP contribution in [0.3, 0.4) is 0 Å². The van der Waals surface area contributed by atoms with Crippen molar-refractivity contribution in [1.29, 1.82) is 0 Å². The topological polar surface area (TPSA) is 41.6 Å². The molecule has 0 aliphatic carbocycles. The predicted octanol–water partition coefficient (Wildman–Crippen LogP) is 4.82. The second kappa shape index (κ2) is 8.18. The Kier molecular flexibility index (Phi) is 5.95. The minimum absolute atomic E-state index is 0. The van der Waals surface area contributed by atoms with Gasteiger partial charge in [0.25, 0.3) is 5.91 Å². The lowest BCUT2D eigenvalue weighted by atomic mass is 9.72. The lowest BCUT2D eigenvalue weighted by molar-refractivity contribution is -0.0377. The molecule has 6 heteroatoms. The maximum absolute atomic E-state index is 13.1. The molecule has 0 radical (unpaired) electrons. The lowest BCUT2D eigenvalue weighted by Gasteiger charge is -2.56. The highest BCUT2D eigenvalue weighted by Crippen LogP contribution is 2.39. The molecule has 0 saturated carbocycles. The predicted molar refractivity (Wildman–Crippen MR) is 121 cm³/mol. The number of ether oxygens (including phenoxy) is 1. The minimum Gasteiger partial charge on any atom is -0.381 e. The molecular weight excluding hydrogens is 404 g/mol. The molecule has 5 heterocycles. The maximum Gasteiger partial charge on any atom is 0.261 e. The zero-order valence-corrected chi connectivity index (χ0v) is 18.9. The molecule has 1 atom stereocenters. The highest BCUT2D eigenvalue weighted by Gasteiger charge is 2.48. The van der Waals surface area contributed by atoms with Crippen LogP contribution in [-0.2, 0) is 4.74 Å². The largest absolute Gasteiger partial charge is 0.381 e. The summed E-state index contributed by atoms with van der Waals surface area (Å²) in [6, 6.07) is 9.03. The van der Waals surface area contributed by atoms with Crippen molar-refractivity contribution in [3.8, 4) is 0 Å². The van der Waals surface area contributed by atoms with Crippen LogP contribution in [0.1, 0.15) is 60.7 Å². The van der Waals surface area contributed by atoms with Gasteiger partial charge in [-0.1, -0.05) is 12.1 Å². The van der Waals surface area contributed by atoms with E-state index in [-0.39, 0.29) is 29.9 Å². The quantitative estimate of drug-likeness (QED) is 0.752. The first-order valence-corrected chi connectivity index (χ1v) is 11.5. The zero-order chi connectivity index (χ0) is 19.3. The van der Waals surface area contributed by atoms with Gasteiger partial charge in [-0.05, 0) is 87.5 Å². The molecule has 4 saturated heterocycles. The van der Waals surface area contributed by atoms with Gasteiger partial charge in [0.1, 0.15) is 0 Å². The molecule has 0 unspecified atom stereocenters. The molecule has 1 amide bonds. The van der Waals surface area contributed by atoms with E-state index >= 15 is 0 Å². The Morgan fingerprint density at radius 3 is 2.55 bits per heavy atom. The van der Waals surface area contributed by atoms with E-state index < -0.39 is 0 Å². The number of hydrogen-bond acceptors (Lipinski definition) is 4. The summed E-state index contributed by atoms with van der Waals surface area (Å²) < 4.78 is 6.72. The number of nitrogens with zero attached hydrogens (tertiary/aromatic N) is 1. The first-order valence-electron chi connectivity index (χ1n) is 10.7. The Morgan fingerprint density at radius 2 is 1.86 bits per heavy atom. The van der Waals surface area contributed by atoms with Gasteiger partial charge in [0.2, 0.25) is 0 Å². The summed E-state index contributed by atoms with van der Waals surface area (Å²) in [6.07, 6.45) is 4.60. The van der Waals surface area contributed by atoms with Crippen LogP contribution >= 0.6 is 23.7 Å². The van der Waals surface area contributed by atoms with Crippen molar-refractivity contribution < 1.29 is 9.53 Å². The molecule has 4 nitrogen and oxygen atoms in total. The van der Waals surface area contributed by atoms with E-state index in [2.05, 4.69) is 48.3 Å². The van der Waals surface area contributed by atoms with Crippen LogP contribution in [-0.4, -0.2) is 48.7 Å². The van der Waals surface area contributed by atoms with E-state index in [1.54, 1.807) is 11.3 Å². The average Bonchev–Trinajstić information content (AvgIpc) is 3.15. The lowest BCUT2D eigenvalue weighted by Crippen LogP contribution is -2.69. The molecule has 29 heavy (non-hydrogen) atoms. The van der Waals surface area contributed by atoms with Crippen molar-refractivity contribution in [1.82, 2.24) is 10.2 Å². The monoisotopic (exact) mass is 434 g/mol. The van der Waals surface area contributed by atoms with Gasteiger partial charge in [-0.2, -0.15) is 0 Å². The van der Waals surface area contributed by atoms with Gasteiger partial charge >= 0.3 is 0 Å². The van der Waals surface area contributed by atoms with Crippen molar-refractivity contribution in [3.63, 3.8) is 0 Å². The molecule has 2 bridgehead atoms. The molecule has 1 N–H and O–H groups in total. The molecule has 158 valence electrons. The Morgan fingerprint density at radius 1 is 1.14 bits per heavy atom. The van der Waals surface area contributed by atoms with E-state index in [0.717, 1.165) is 30.9 Å². The van der Waals surface area contributed by atoms with Crippen LogP contribution in [0, 0.1) is 5.92 Å². The number of thiophene rings is 1. The van der Waals surface area contributed by atoms with Crippen molar-refractivity contribution in [2.75, 3.05) is 26.3 Å². The third-order valence-corrected chi connectivity index (χ3v) is 8.43. The summed E-state index contributed by atoms with van der Waals surface area (Å²) in [4.78, 5) is 16.5. The summed E-state index contributed by atoms with van der Waals surface area (Å²) in [5, 5.41) is 4.59. The van der Waals surface area contributed by atoms with Gasteiger partial charge in [0.05, 0.1) is 4.88 Å². The third kappa shape index (κ3) is 3.83.